The highest BCUT2D eigenvalue weighted by Gasteiger charge is 2.13. The molecule has 2 aromatic heterocycles. The molecule has 0 spiro atoms. The third-order valence-electron chi connectivity index (χ3n) is 2.29. The number of hydrogen-bond donors (Lipinski definition) is 0. The van der Waals surface area contributed by atoms with Gasteiger partial charge in [-0.2, -0.15) is 0 Å². The zero-order valence-electron chi connectivity index (χ0n) is 9.26. The standard InChI is InChI=1S/C12H11BrN2OS/c1-15(7-10-4-2-3-5-14-10)12(16)9-6-11(13)17-8-9/h2-6,8H,7H2,1H3. The number of carbonyl (C=O) groups excluding carboxylic acids is 1. The Balaban J connectivity index is 2.06. The Bertz CT molecular complexity index is 512. The summed E-state index contributed by atoms with van der Waals surface area (Å²) in [6.07, 6.45) is 1.73. The second kappa shape index (κ2) is 5.42. The van der Waals surface area contributed by atoms with E-state index in [-0.39, 0.29) is 5.91 Å². The van der Waals surface area contributed by atoms with Gasteiger partial charge in [-0.25, -0.2) is 0 Å². The maximum atomic E-state index is 12.0. The van der Waals surface area contributed by atoms with Crippen LogP contribution in [0.25, 0.3) is 0 Å². The number of amides is 1. The van der Waals surface area contributed by atoms with Gasteiger partial charge in [0.15, 0.2) is 0 Å². The van der Waals surface area contributed by atoms with Gasteiger partial charge in [0.05, 0.1) is 21.6 Å². The first-order valence-corrected chi connectivity index (χ1v) is 6.73. The average molecular weight is 311 g/mol. The van der Waals surface area contributed by atoms with Gasteiger partial charge in [0.25, 0.3) is 5.91 Å². The largest absolute Gasteiger partial charge is 0.336 e. The summed E-state index contributed by atoms with van der Waals surface area (Å²) in [7, 11) is 1.78. The third-order valence-corrected chi connectivity index (χ3v) is 3.79. The van der Waals surface area contributed by atoms with Crippen molar-refractivity contribution in [3.8, 4) is 0 Å². The van der Waals surface area contributed by atoms with E-state index in [2.05, 4.69) is 20.9 Å². The molecule has 17 heavy (non-hydrogen) atoms. The smallest absolute Gasteiger partial charge is 0.254 e. The van der Waals surface area contributed by atoms with Gasteiger partial charge in [0, 0.05) is 18.6 Å². The maximum Gasteiger partial charge on any atom is 0.254 e. The molecule has 2 aromatic rings. The summed E-state index contributed by atoms with van der Waals surface area (Å²) in [6.45, 7) is 0.521. The molecule has 0 bridgehead atoms. The Morgan fingerprint density at radius 1 is 1.53 bits per heavy atom. The Labute approximate surface area is 112 Å². The lowest BCUT2D eigenvalue weighted by atomic mass is 10.3. The quantitative estimate of drug-likeness (QED) is 0.872. The van der Waals surface area contributed by atoms with Crippen molar-refractivity contribution in [1.82, 2.24) is 9.88 Å². The molecule has 0 N–H and O–H groups in total. The van der Waals surface area contributed by atoms with Crippen molar-refractivity contribution in [2.45, 2.75) is 6.54 Å². The molecule has 2 heterocycles. The highest BCUT2D eigenvalue weighted by atomic mass is 79.9. The van der Waals surface area contributed by atoms with Crippen LogP contribution in [-0.2, 0) is 6.54 Å². The molecule has 1 amide bonds. The molecule has 2 rings (SSSR count). The second-order valence-electron chi connectivity index (χ2n) is 3.62. The molecular weight excluding hydrogens is 300 g/mol. The SMILES string of the molecule is CN(Cc1ccccn1)C(=O)c1csc(Br)c1. The van der Waals surface area contributed by atoms with Crippen molar-refractivity contribution < 1.29 is 4.79 Å². The molecule has 0 aliphatic carbocycles. The summed E-state index contributed by atoms with van der Waals surface area (Å²) in [5.41, 5.74) is 1.60. The summed E-state index contributed by atoms with van der Waals surface area (Å²) in [6, 6.07) is 7.53. The molecule has 3 nitrogen and oxygen atoms in total. The molecule has 88 valence electrons. The van der Waals surface area contributed by atoms with Gasteiger partial charge < -0.3 is 4.90 Å². The number of hydrogen-bond acceptors (Lipinski definition) is 3. The molecule has 0 saturated heterocycles. The number of carbonyl (C=O) groups is 1. The number of rotatable bonds is 3. The van der Waals surface area contributed by atoms with Crippen molar-refractivity contribution in [3.63, 3.8) is 0 Å². The monoisotopic (exact) mass is 310 g/mol. The van der Waals surface area contributed by atoms with Crippen LogP contribution in [0.5, 0.6) is 0 Å². The molecule has 0 fully saturated rings. The van der Waals surface area contributed by atoms with Gasteiger partial charge in [0.2, 0.25) is 0 Å². The van der Waals surface area contributed by atoms with Crippen LogP contribution in [0.1, 0.15) is 16.1 Å². The Kier molecular flexibility index (Phi) is 3.91. The highest BCUT2D eigenvalue weighted by molar-refractivity contribution is 9.11. The Hall–Kier alpha value is -1.20. The second-order valence-corrected chi connectivity index (χ2v) is 5.91. The van der Waals surface area contributed by atoms with Crippen LogP contribution in [0.3, 0.4) is 0 Å². The van der Waals surface area contributed by atoms with Crippen LogP contribution >= 0.6 is 27.3 Å². The van der Waals surface area contributed by atoms with E-state index in [9.17, 15) is 4.79 Å². The van der Waals surface area contributed by atoms with Crippen LogP contribution < -0.4 is 0 Å². The van der Waals surface area contributed by atoms with E-state index in [0.717, 1.165) is 9.48 Å². The fourth-order valence-electron chi connectivity index (χ4n) is 1.45. The van der Waals surface area contributed by atoms with Crippen molar-refractivity contribution in [3.05, 3.63) is 50.9 Å². The molecule has 5 heteroatoms. The topological polar surface area (TPSA) is 33.2 Å². The van der Waals surface area contributed by atoms with Crippen molar-refractivity contribution >= 4 is 33.2 Å². The fraction of sp³-hybridized carbons (Fsp3) is 0.167. The number of halogens is 1. The van der Waals surface area contributed by atoms with Gasteiger partial charge in [-0.15, -0.1) is 11.3 Å². The Morgan fingerprint density at radius 3 is 2.94 bits per heavy atom. The lowest BCUT2D eigenvalue weighted by molar-refractivity contribution is 0.0784. The highest BCUT2D eigenvalue weighted by Crippen LogP contribution is 2.21. The minimum atomic E-state index is 0.0117. The van der Waals surface area contributed by atoms with Crippen molar-refractivity contribution in [1.29, 1.82) is 0 Å². The molecule has 0 aliphatic heterocycles. The van der Waals surface area contributed by atoms with Gasteiger partial charge in [-0.3, -0.25) is 9.78 Å². The molecule has 0 unspecified atom stereocenters. The molecule has 0 saturated carbocycles. The van der Waals surface area contributed by atoms with Crippen LogP contribution in [0.2, 0.25) is 0 Å². The minimum Gasteiger partial charge on any atom is -0.336 e. The normalized spacial score (nSPS) is 10.2. The molecular formula is C12H11BrN2OS. The van der Waals surface area contributed by atoms with Gasteiger partial charge in [0.1, 0.15) is 0 Å². The lowest BCUT2D eigenvalue weighted by Crippen LogP contribution is -2.26. The number of pyridine rings is 1. The lowest BCUT2D eigenvalue weighted by Gasteiger charge is -2.15. The summed E-state index contributed by atoms with van der Waals surface area (Å²) < 4.78 is 0.965. The summed E-state index contributed by atoms with van der Waals surface area (Å²) in [4.78, 5) is 17.9. The zero-order valence-corrected chi connectivity index (χ0v) is 11.7. The summed E-state index contributed by atoms with van der Waals surface area (Å²) >= 11 is 4.86. The maximum absolute atomic E-state index is 12.0. The van der Waals surface area contributed by atoms with E-state index in [4.69, 9.17) is 0 Å². The van der Waals surface area contributed by atoms with Gasteiger partial charge in [-0.1, -0.05) is 6.07 Å². The van der Waals surface area contributed by atoms with Crippen LogP contribution in [0.4, 0.5) is 0 Å². The first-order valence-electron chi connectivity index (χ1n) is 5.06. The van der Waals surface area contributed by atoms with E-state index < -0.39 is 0 Å². The average Bonchev–Trinajstić information content (AvgIpc) is 2.76. The number of nitrogens with zero attached hydrogens (tertiary/aromatic N) is 2. The Morgan fingerprint density at radius 2 is 2.35 bits per heavy atom. The first-order chi connectivity index (χ1) is 8.16. The predicted molar refractivity (Wildman–Crippen MR) is 72.1 cm³/mol. The number of thiophene rings is 1. The van der Waals surface area contributed by atoms with E-state index in [1.807, 2.05) is 29.6 Å². The zero-order chi connectivity index (χ0) is 12.3. The van der Waals surface area contributed by atoms with E-state index in [1.165, 1.54) is 11.3 Å². The summed E-state index contributed by atoms with van der Waals surface area (Å²) in [5, 5.41) is 1.85. The van der Waals surface area contributed by atoms with Crippen LogP contribution in [0.15, 0.2) is 39.6 Å². The third kappa shape index (κ3) is 3.14. The fourth-order valence-corrected chi connectivity index (χ4v) is 2.58. The van der Waals surface area contributed by atoms with Crippen molar-refractivity contribution in [2.24, 2.45) is 0 Å². The molecule has 0 aliphatic rings. The van der Waals surface area contributed by atoms with Crippen molar-refractivity contribution in [2.75, 3.05) is 7.05 Å². The molecule has 0 atom stereocenters. The predicted octanol–water partition coefficient (Wildman–Crippen LogP) is 3.18. The van der Waals surface area contributed by atoms with Crippen LogP contribution in [0, 0.1) is 0 Å². The van der Waals surface area contributed by atoms with Crippen LogP contribution in [-0.4, -0.2) is 22.8 Å². The van der Waals surface area contributed by atoms with E-state index in [0.29, 0.717) is 12.1 Å². The molecule has 0 radical (unpaired) electrons. The first kappa shape index (κ1) is 12.3. The van der Waals surface area contributed by atoms with E-state index >= 15 is 0 Å². The molecule has 0 aromatic carbocycles. The minimum absolute atomic E-state index is 0.0117. The van der Waals surface area contributed by atoms with E-state index in [1.54, 1.807) is 18.1 Å². The number of aromatic nitrogens is 1. The van der Waals surface area contributed by atoms with Gasteiger partial charge >= 0.3 is 0 Å². The van der Waals surface area contributed by atoms with Gasteiger partial charge in [-0.05, 0) is 34.1 Å². The summed E-state index contributed by atoms with van der Waals surface area (Å²) in [5.74, 6) is 0.0117.